The van der Waals surface area contributed by atoms with Crippen LogP contribution < -0.4 is 0 Å². The first-order valence-corrected chi connectivity index (χ1v) is 5.77. The van der Waals surface area contributed by atoms with Crippen molar-refractivity contribution in [2.24, 2.45) is 0 Å². The summed E-state index contributed by atoms with van der Waals surface area (Å²) in [7, 11) is 0. The van der Waals surface area contributed by atoms with Crippen molar-refractivity contribution in [1.29, 1.82) is 0 Å². The van der Waals surface area contributed by atoms with Gasteiger partial charge >= 0.3 is 0 Å². The van der Waals surface area contributed by atoms with Crippen molar-refractivity contribution in [3.8, 4) is 0 Å². The van der Waals surface area contributed by atoms with Crippen LogP contribution >= 0.6 is 0 Å². The van der Waals surface area contributed by atoms with Gasteiger partial charge in [0.05, 0.1) is 17.8 Å². The topological polar surface area (TPSA) is 29.5 Å². The third-order valence-electron chi connectivity index (χ3n) is 2.81. The molecular weight excluding hydrogens is 221 g/mol. The molecule has 2 rings (SSSR count). The summed E-state index contributed by atoms with van der Waals surface area (Å²) in [5, 5.41) is 0. The average molecular weight is 237 g/mol. The van der Waals surface area contributed by atoms with E-state index in [9.17, 15) is 9.18 Å². The molecule has 2 atom stereocenters. The number of morpholine rings is 1. The smallest absolute Gasteiger partial charge is 0.257 e. The molecule has 0 spiro atoms. The molecule has 1 amide bonds. The van der Waals surface area contributed by atoms with E-state index >= 15 is 0 Å². The van der Waals surface area contributed by atoms with Gasteiger partial charge in [0.25, 0.3) is 5.91 Å². The van der Waals surface area contributed by atoms with Gasteiger partial charge in [-0.3, -0.25) is 4.79 Å². The van der Waals surface area contributed by atoms with Gasteiger partial charge in [-0.15, -0.1) is 0 Å². The molecule has 0 aliphatic carbocycles. The van der Waals surface area contributed by atoms with Crippen molar-refractivity contribution in [3.05, 3.63) is 35.6 Å². The Labute approximate surface area is 100 Å². The largest absolute Gasteiger partial charge is 0.372 e. The summed E-state index contributed by atoms with van der Waals surface area (Å²) in [6.07, 6.45) is -0.0102. The molecule has 92 valence electrons. The maximum atomic E-state index is 13.5. The number of nitrogens with zero attached hydrogens (tertiary/aromatic N) is 1. The molecule has 1 aliphatic rings. The maximum Gasteiger partial charge on any atom is 0.257 e. The fourth-order valence-corrected chi connectivity index (χ4v) is 2.15. The van der Waals surface area contributed by atoms with Crippen molar-refractivity contribution in [1.82, 2.24) is 4.90 Å². The van der Waals surface area contributed by atoms with E-state index in [0.717, 1.165) is 0 Å². The van der Waals surface area contributed by atoms with Crippen LogP contribution in [0.5, 0.6) is 0 Å². The molecule has 0 N–H and O–H groups in total. The standard InChI is InChI=1S/C13H16FNO2/c1-9-7-15(8-10(2)17-9)13(16)11-5-3-4-6-12(11)14/h3-6,9-10H,7-8H2,1-2H3/t9-,10+. The molecule has 0 radical (unpaired) electrons. The summed E-state index contributed by atoms with van der Waals surface area (Å²) in [6, 6.07) is 6.07. The third kappa shape index (κ3) is 2.64. The fraction of sp³-hybridized carbons (Fsp3) is 0.462. The van der Waals surface area contributed by atoms with Gasteiger partial charge in [0.2, 0.25) is 0 Å². The van der Waals surface area contributed by atoms with Crippen LogP contribution in [-0.4, -0.2) is 36.1 Å². The van der Waals surface area contributed by atoms with Crippen molar-refractivity contribution in [2.45, 2.75) is 26.1 Å². The first kappa shape index (κ1) is 12.0. The van der Waals surface area contributed by atoms with Gasteiger partial charge < -0.3 is 9.64 Å². The van der Waals surface area contributed by atoms with Crippen LogP contribution in [0.2, 0.25) is 0 Å². The second-order valence-corrected chi connectivity index (χ2v) is 4.45. The molecule has 1 aliphatic heterocycles. The molecule has 0 saturated carbocycles. The summed E-state index contributed by atoms with van der Waals surface area (Å²) in [6.45, 7) is 4.85. The predicted molar refractivity (Wildman–Crippen MR) is 62.3 cm³/mol. The molecule has 1 aromatic carbocycles. The number of hydrogen-bond acceptors (Lipinski definition) is 2. The number of carbonyl (C=O) groups is 1. The Morgan fingerprint density at radius 2 is 1.88 bits per heavy atom. The van der Waals surface area contributed by atoms with Crippen LogP contribution in [0.3, 0.4) is 0 Å². The van der Waals surface area contributed by atoms with E-state index in [1.165, 1.54) is 12.1 Å². The Bertz CT molecular complexity index is 412. The number of ether oxygens (including phenoxy) is 1. The van der Waals surface area contributed by atoms with Crippen LogP contribution in [0.4, 0.5) is 4.39 Å². The lowest BCUT2D eigenvalue weighted by Gasteiger charge is -2.35. The zero-order valence-corrected chi connectivity index (χ0v) is 10.0. The summed E-state index contributed by atoms with van der Waals surface area (Å²) in [4.78, 5) is 13.8. The van der Waals surface area contributed by atoms with Crippen LogP contribution in [-0.2, 0) is 4.74 Å². The zero-order chi connectivity index (χ0) is 12.4. The van der Waals surface area contributed by atoms with Gasteiger partial charge in [-0.05, 0) is 26.0 Å². The molecule has 0 aromatic heterocycles. The molecule has 17 heavy (non-hydrogen) atoms. The molecule has 1 saturated heterocycles. The second kappa shape index (κ2) is 4.84. The fourth-order valence-electron chi connectivity index (χ4n) is 2.15. The lowest BCUT2D eigenvalue weighted by Crippen LogP contribution is -2.48. The second-order valence-electron chi connectivity index (χ2n) is 4.45. The minimum atomic E-state index is -0.468. The highest BCUT2D eigenvalue weighted by atomic mass is 19.1. The van der Waals surface area contributed by atoms with E-state index in [4.69, 9.17) is 4.74 Å². The van der Waals surface area contributed by atoms with E-state index in [0.29, 0.717) is 13.1 Å². The van der Waals surface area contributed by atoms with E-state index < -0.39 is 5.82 Å². The van der Waals surface area contributed by atoms with Gasteiger partial charge in [-0.1, -0.05) is 12.1 Å². The van der Waals surface area contributed by atoms with Crippen LogP contribution in [0.25, 0.3) is 0 Å². The highest BCUT2D eigenvalue weighted by molar-refractivity contribution is 5.94. The Kier molecular flexibility index (Phi) is 3.43. The molecule has 3 nitrogen and oxygen atoms in total. The van der Waals surface area contributed by atoms with Crippen LogP contribution in [0.1, 0.15) is 24.2 Å². The van der Waals surface area contributed by atoms with Crippen LogP contribution in [0.15, 0.2) is 24.3 Å². The Balaban J connectivity index is 2.17. The van der Waals surface area contributed by atoms with Crippen molar-refractivity contribution in [3.63, 3.8) is 0 Å². The quantitative estimate of drug-likeness (QED) is 0.748. The van der Waals surface area contributed by atoms with Gasteiger partial charge in [0.1, 0.15) is 5.82 Å². The van der Waals surface area contributed by atoms with Crippen LogP contribution in [0, 0.1) is 5.82 Å². The predicted octanol–water partition coefficient (Wildman–Crippen LogP) is 2.08. The average Bonchev–Trinajstić information content (AvgIpc) is 2.27. The minimum Gasteiger partial charge on any atom is -0.372 e. The van der Waals surface area contributed by atoms with E-state index in [-0.39, 0.29) is 23.7 Å². The molecule has 1 heterocycles. The van der Waals surface area contributed by atoms with E-state index in [2.05, 4.69) is 0 Å². The summed E-state index contributed by atoms with van der Waals surface area (Å²) in [5.41, 5.74) is 0.133. The molecule has 0 unspecified atom stereocenters. The first-order chi connectivity index (χ1) is 8.08. The number of hydrogen-bond donors (Lipinski definition) is 0. The van der Waals surface area contributed by atoms with E-state index in [1.807, 2.05) is 13.8 Å². The lowest BCUT2D eigenvalue weighted by molar-refractivity contribution is -0.0587. The monoisotopic (exact) mass is 237 g/mol. The van der Waals surface area contributed by atoms with Gasteiger partial charge in [0.15, 0.2) is 0 Å². The maximum absolute atomic E-state index is 13.5. The first-order valence-electron chi connectivity index (χ1n) is 5.77. The molecule has 4 heteroatoms. The van der Waals surface area contributed by atoms with Crippen molar-refractivity contribution in [2.75, 3.05) is 13.1 Å². The molecular formula is C13H16FNO2. The Morgan fingerprint density at radius 1 is 1.29 bits per heavy atom. The number of amides is 1. The van der Waals surface area contributed by atoms with Gasteiger partial charge in [-0.25, -0.2) is 4.39 Å². The normalized spacial score (nSPS) is 24.8. The number of halogens is 1. The molecule has 1 aromatic rings. The van der Waals surface area contributed by atoms with E-state index in [1.54, 1.807) is 17.0 Å². The van der Waals surface area contributed by atoms with Gasteiger partial charge in [0, 0.05) is 13.1 Å². The summed E-state index contributed by atoms with van der Waals surface area (Å²) < 4.78 is 19.1. The summed E-state index contributed by atoms with van der Waals surface area (Å²) >= 11 is 0. The van der Waals surface area contributed by atoms with Crippen molar-refractivity contribution >= 4 is 5.91 Å². The molecule has 1 fully saturated rings. The third-order valence-corrected chi connectivity index (χ3v) is 2.81. The number of benzene rings is 1. The SMILES string of the molecule is C[C@@H]1CN(C(=O)c2ccccc2F)C[C@H](C)O1. The zero-order valence-electron chi connectivity index (χ0n) is 10.0. The summed E-state index contributed by atoms with van der Waals surface area (Å²) in [5.74, 6) is -0.727. The Hall–Kier alpha value is -1.42. The number of rotatable bonds is 1. The highest BCUT2D eigenvalue weighted by Gasteiger charge is 2.27. The minimum absolute atomic E-state index is 0.00512. The van der Waals surface area contributed by atoms with Gasteiger partial charge in [-0.2, -0.15) is 0 Å². The van der Waals surface area contributed by atoms with Crippen molar-refractivity contribution < 1.29 is 13.9 Å². The lowest BCUT2D eigenvalue weighted by atomic mass is 10.1. The Morgan fingerprint density at radius 3 is 2.47 bits per heavy atom. The highest BCUT2D eigenvalue weighted by Crippen LogP contribution is 2.16. The number of carbonyl (C=O) groups excluding carboxylic acids is 1. The molecule has 0 bridgehead atoms.